The zero-order valence-electron chi connectivity index (χ0n) is 20.6. The molecule has 0 aliphatic heterocycles. The second kappa shape index (κ2) is 8.35. The summed E-state index contributed by atoms with van der Waals surface area (Å²) >= 11 is 0. The van der Waals surface area contributed by atoms with Gasteiger partial charge in [0, 0.05) is 0 Å². The minimum atomic E-state index is 0.552. The average Bonchev–Trinajstić information content (AvgIpc) is 3.04. The van der Waals surface area contributed by atoms with Gasteiger partial charge in [0.25, 0.3) is 0 Å². The van der Waals surface area contributed by atoms with Crippen LogP contribution in [-0.4, -0.2) is 0 Å². The fraction of sp³-hybridized carbons (Fsp3) is 0.931. The Balaban J connectivity index is 1.48. The van der Waals surface area contributed by atoms with Crippen molar-refractivity contribution < 1.29 is 0 Å². The molecule has 0 heteroatoms. The second-order valence-corrected chi connectivity index (χ2v) is 12.8. The fourth-order valence-corrected chi connectivity index (χ4v) is 9.11. The molecule has 166 valence electrons. The Bertz CT molecular complexity index is 599. The monoisotopic (exact) mass is 398 g/mol. The van der Waals surface area contributed by atoms with E-state index in [2.05, 4.69) is 47.6 Å². The lowest BCUT2D eigenvalue weighted by atomic mass is 9.46. The standard InChI is InChI=1S/C29H50/c1-7-22-15-17-28(5)23(19-22)11-12-24-26-14-13-25(21(4)10-8-9-20(2)3)29(26,6)18-16-27(24)28/h11,20-22,24-27H,7-10,12-19H2,1-6H3/t21-,22+,24-,25?,26?,27?,28?,29?/m1/s1. The third-order valence-corrected chi connectivity index (χ3v) is 11.0. The predicted molar refractivity (Wildman–Crippen MR) is 127 cm³/mol. The summed E-state index contributed by atoms with van der Waals surface area (Å²) in [6.07, 6.45) is 20.4. The van der Waals surface area contributed by atoms with Crippen molar-refractivity contribution in [2.24, 2.45) is 52.3 Å². The topological polar surface area (TPSA) is 0 Å². The zero-order chi connectivity index (χ0) is 20.8. The lowest BCUT2D eigenvalue weighted by Gasteiger charge is -2.58. The summed E-state index contributed by atoms with van der Waals surface area (Å²) in [7, 11) is 0. The van der Waals surface area contributed by atoms with Crippen LogP contribution >= 0.6 is 0 Å². The summed E-state index contributed by atoms with van der Waals surface area (Å²) in [6, 6.07) is 0. The van der Waals surface area contributed by atoms with E-state index in [1.54, 1.807) is 0 Å². The number of fused-ring (bicyclic) bond motifs is 5. The van der Waals surface area contributed by atoms with Crippen LogP contribution in [-0.2, 0) is 0 Å². The molecule has 8 atom stereocenters. The van der Waals surface area contributed by atoms with Crippen molar-refractivity contribution in [3.05, 3.63) is 11.6 Å². The molecule has 3 saturated carbocycles. The number of allylic oxidation sites excluding steroid dienone is 2. The Morgan fingerprint density at radius 2 is 1.76 bits per heavy atom. The quantitative estimate of drug-likeness (QED) is 0.391. The van der Waals surface area contributed by atoms with E-state index < -0.39 is 0 Å². The van der Waals surface area contributed by atoms with E-state index in [9.17, 15) is 0 Å². The first kappa shape index (κ1) is 22.0. The maximum absolute atomic E-state index is 2.77. The van der Waals surface area contributed by atoms with E-state index in [4.69, 9.17) is 0 Å². The molecule has 0 aromatic carbocycles. The highest BCUT2D eigenvalue weighted by Gasteiger charge is 2.58. The number of rotatable bonds is 6. The van der Waals surface area contributed by atoms with Crippen LogP contribution < -0.4 is 0 Å². The van der Waals surface area contributed by atoms with Gasteiger partial charge >= 0.3 is 0 Å². The molecule has 0 radical (unpaired) electrons. The molecule has 0 spiro atoms. The summed E-state index contributed by atoms with van der Waals surface area (Å²) in [5.74, 6) is 6.78. The highest BCUT2D eigenvalue weighted by Crippen LogP contribution is 2.67. The maximum atomic E-state index is 2.77. The predicted octanol–water partition coefficient (Wildman–Crippen LogP) is 9.05. The maximum Gasteiger partial charge on any atom is -0.00851 e. The van der Waals surface area contributed by atoms with Crippen LogP contribution in [0.4, 0.5) is 0 Å². The first-order valence-electron chi connectivity index (χ1n) is 13.5. The van der Waals surface area contributed by atoms with E-state index in [0.29, 0.717) is 10.8 Å². The molecular weight excluding hydrogens is 348 g/mol. The fourth-order valence-electron chi connectivity index (χ4n) is 9.11. The normalized spacial score (nSPS) is 45.3. The molecule has 0 saturated heterocycles. The SMILES string of the molecule is CC[C@H]1CCC2(C)C(=CC[C@H]3C2CCC2(C)C3CCC2[C@H](C)CCCC(C)C)C1. The first-order chi connectivity index (χ1) is 13.8. The molecule has 0 bridgehead atoms. The van der Waals surface area contributed by atoms with E-state index >= 15 is 0 Å². The molecule has 0 aromatic rings. The Morgan fingerprint density at radius 1 is 0.966 bits per heavy atom. The van der Waals surface area contributed by atoms with E-state index in [0.717, 1.165) is 41.4 Å². The summed E-state index contributed by atoms with van der Waals surface area (Å²) in [6.45, 7) is 15.2. The summed E-state index contributed by atoms with van der Waals surface area (Å²) in [5, 5.41) is 0. The lowest BCUT2D eigenvalue weighted by molar-refractivity contribution is -0.0528. The largest absolute Gasteiger partial charge is 0.0845 e. The van der Waals surface area contributed by atoms with Gasteiger partial charge in [-0.3, -0.25) is 0 Å². The molecule has 0 N–H and O–H groups in total. The summed E-state index contributed by atoms with van der Waals surface area (Å²) < 4.78 is 0. The molecule has 0 amide bonds. The molecule has 0 aromatic heterocycles. The van der Waals surface area contributed by atoms with Crippen LogP contribution in [0.2, 0.25) is 0 Å². The smallest absolute Gasteiger partial charge is 0.00851 e. The van der Waals surface area contributed by atoms with Gasteiger partial charge in [0.15, 0.2) is 0 Å². The van der Waals surface area contributed by atoms with Crippen molar-refractivity contribution in [2.75, 3.05) is 0 Å². The van der Waals surface area contributed by atoms with Gasteiger partial charge in [-0.25, -0.2) is 0 Å². The molecule has 4 aliphatic carbocycles. The van der Waals surface area contributed by atoms with E-state index in [1.165, 1.54) is 77.0 Å². The van der Waals surface area contributed by atoms with Crippen molar-refractivity contribution in [1.29, 1.82) is 0 Å². The number of hydrogen-bond acceptors (Lipinski definition) is 0. The van der Waals surface area contributed by atoms with Crippen molar-refractivity contribution in [3.63, 3.8) is 0 Å². The highest BCUT2D eigenvalue weighted by molar-refractivity contribution is 5.25. The Morgan fingerprint density at radius 3 is 2.48 bits per heavy atom. The molecule has 0 nitrogen and oxygen atoms in total. The van der Waals surface area contributed by atoms with Crippen LogP contribution in [0.5, 0.6) is 0 Å². The van der Waals surface area contributed by atoms with Gasteiger partial charge in [-0.1, -0.05) is 78.9 Å². The van der Waals surface area contributed by atoms with Crippen LogP contribution in [0.25, 0.3) is 0 Å². The van der Waals surface area contributed by atoms with Crippen molar-refractivity contribution in [1.82, 2.24) is 0 Å². The van der Waals surface area contributed by atoms with Gasteiger partial charge in [-0.05, 0) is 104 Å². The third kappa shape index (κ3) is 3.78. The highest BCUT2D eigenvalue weighted by atomic mass is 14.6. The van der Waals surface area contributed by atoms with Gasteiger partial charge < -0.3 is 0 Å². The van der Waals surface area contributed by atoms with Crippen LogP contribution in [0.15, 0.2) is 11.6 Å². The van der Waals surface area contributed by atoms with E-state index in [-0.39, 0.29) is 0 Å². The molecule has 3 fully saturated rings. The number of hydrogen-bond donors (Lipinski definition) is 0. The summed E-state index contributed by atoms with van der Waals surface area (Å²) in [5.41, 5.74) is 3.08. The molecule has 29 heavy (non-hydrogen) atoms. The van der Waals surface area contributed by atoms with Gasteiger partial charge in [-0.15, -0.1) is 0 Å². The van der Waals surface area contributed by atoms with Crippen molar-refractivity contribution in [3.8, 4) is 0 Å². The van der Waals surface area contributed by atoms with Crippen molar-refractivity contribution in [2.45, 2.75) is 119 Å². The van der Waals surface area contributed by atoms with Gasteiger partial charge in [0.2, 0.25) is 0 Å². The van der Waals surface area contributed by atoms with Gasteiger partial charge in [0.1, 0.15) is 0 Å². The van der Waals surface area contributed by atoms with Crippen LogP contribution in [0.3, 0.4) is 0 Å². The molecular formula is C29H50. The Labute approximate surface area is 182 Å². The Hall–Kier alpha value is -0.260. The average molecular weight is 399 g/mol. The van der Waals surface area contributed by atoms with Gasteiger partial charge in [0.05, 0.1) is 0 Å². The summed E-state index contributed by atoms with van der Waals surface area (Å²) in [4.78, 5) is 0. The molecule has 0 heterocycles. The van der Waals surface area contributed by atoms with Crippen LogP contribution in [0, 0.1) is 52.3 Å². The van der Waals surface area contributed by atoms with E-state index in [1.807, 2.05) is 5.57 Å². The third-order valence-electron chi connectivity index (χ3n) is 11.0. The molecule has 5 unspecified atom stereocenters. The second-order valence-electron chi connectivity index (χ2n) is 12.8. The molecule has 4 rings (SSSR count). The Kier molecular flexibility index (Phi) is 6.32. The zero-order valence-corrected chi connectivity index (χ0v) is 20.6. The minimum Gasteiger partial charge on any atom is -0.0845 e. The first-order valence-corrected chi connectivity index (χ1v) is 13.5. The van der Waals surface area contributed by atoms with Gasteiger partial charge in [-0.2, -0.15) is 0 Å². The lowest BCUT2D eigenvalue weighted by Crippen LogP contribution is -2.50. The van der Waals surface area contributed by atoms with Crippen molar-refractivity contribution >= 4 is 0 Å². The van der Waals surface area contributed by atoms with Crippen LogP contribution in [0.1, 0.15) is 119 Å². The minimum absolute atomic E-state index is 0.552. The molecule has 4 aliphatic rings.